The molecule has 28 heavy (non-hydrogen) atoms. The van der Waals surface area contributed by atoms with Crippen molar-refractivity contribution < 1.29 is 4.39 Å². The summed E-state index contributed by atoms with van der Waals surface area (Å²) in [6.45, 7) is 2.04. The molecule has 5 aromatic rings. The Balaban J connectivity index is 1.93. The summed E-state index contributed by atoms with van der Waals surface area (Å²) in [6, 6.07) is 20.2. The van der Waals surface area contributed by atoms with E-state index in [9.17, 15) is 4.39 Å². The molecule has 0 atom stereocenters. The third-order valence-electron chi connectivity index (χ3n) is 4.87. The van der Waals surface area contributed by atoms with E-state index in [2.05, 4.69) is 4.98 Å². The van der Waals surface area contributed by atoms with Gasteiger partial charge in [0.1, 0.15) is 11.5 Å². The lowest BCUT2D eigenvalue weighted by Gasteiger charge is -2.07. The molecule has 0 spiro atoms. The lowest BCUT2D eigenvalue weighted by Crippen LogP contribution is -1.98. The molecular weight excluding hydrogens is 373 g/mol. The van der Waals surface area contributed by atoms with Crippen molar-refractivity contribution >= 4 is 33.4 Å². The van der Waals surface area contributed by atoms with Crippen LogP contribution in [0.3, 0.4) is 0 Å². The highest BCUT2D eigenvalue weighted by Gasteiger charge is 2.18. The monoisotopic (exact) mass is 387 g/mol. The summed E-state index contributed by atoms with van der Waals surface area (Å²) < 4.78 is 15.9. The fraction of sp³-hybridized carbons (Fsp3) is 0.0435. The van der Waals surface area contributed by atoms with Gasteiger partial charge in [-0.1, -0.05) is 53.6 Å². The topological polar surface area (TPSA) is 30.7 Å². The average molecular weight is 388 g/mol. The van der Waals surface area contributed by atoms with Crippen LogP contribution in [0.5, 0.6) is 0 Å². The molecule has 3 aromatic carbocycles. The van der Waals surface area contributed by atoms with Gasteiger partial charge < -0.3 is 0 Å². The third-order valence-corrected chi connectivity index (χ3v) is 5.19. The van der Waals surface area contributed by atoms with Crippen molar-refractivity contribution in [2.24, 2.45) is 0 Å². The van der Waals surface area contributed by atoms with E-state index in [-0.39, 0.29) is 5.82 Å². The molecule has 0 saturated carbocycles. The van der Waals surface area contributed by atoms with Gasteiger partial charge in [-0.05, 0) is 37.3 Å². The number of aromatic nitrogens is 3. The highest BCUT2D eigenvalue weighted by atomic mass is 35.5. The van der Waals surface area contributed by atoms with Gasteiger partial charge in [0.2, 0.25) is 0 Å². The van der Waals surface area contributed by atoms with E-state index in [4.69, 9.17) is 16.7 Å². The zero-order chi connectivity index (χ0) is 19.3. The second-order valence-corrected chi connectivity index (χ2v) is 7.17. The lowest BCUT2D eigenvalue weighted by atomic mass is 10.1. The number of para-hydroxylation sites is 1. The van der Waals surface area contributed by atoms with Crippen molar-refractivity contribution in [1.29, 1.82) is 0 Å². The molecule has 136 valence electrons. The fourth-order valence-corrected chi connectivity index (χ4v) is 3.69. The van der Waals surface area contributed by atoms with Crippen molar-refractivity contribution in [2.45, 2.75) is 6.92 Å². The van der Waals surface area contributed by atoms with E-state index in [0.717, 1.165) is 27.8 Å². The normalized spacial score (nSPS) is 11.4. The van der Waals surface area contributed by atoms with Crippen LogP contribution in [0.4, 0.5) is 4.39 Å². The maximum atomic E-state index is 14.1. The van der Waals surface area contributed by atoms with Gasteiger partial charge in [0.05, 0.1) is 21.7 Å². The van der Waals surface area contributed by atoms with Crippen LogP contribution in [0.15, 0.2) is 72.9 Å². The molecule has 5 rings (SSSR count). The molecule has 2 aromatic heterocycles. The molecule has 3 nitrogen and oxygen atoms in total. The van der Waals surface area contributed by atoms with E-state index in [0.29, 0.717) is 15.9 Å². The number of fused-ring (bicyclic) bond motifs is 3. The van der Waals surface area contributed by atoms with Crippen LogP contribution in [0, 0.1) is 12.7 Å². The first-order valence-electron chi connectivity index (χ1n) is 8.91. The first-order chi connectivity index (χ1) is 13.6. The second-order valence-electron chi connectivity index (χ2n) is 6.76. The number of pyridine rings is 1. The number of nitrogens with zero attached hydrogens (tertiary/aromatic N) is 3. The number of hydrogen-bond acceptors (Lipinski definition) is 2. The molecule has 0 radical (unpaired) electrons. The Hall–Kier alpha value is -3.24. The second kappa shape index (κ2) is 6.43. The summed E-state index contributed by atoms with van der Waals surface area (Å²) in [5.41, 5.74) is 5.16. The summed E-state index contributed by atoms with van der Waals surface area (Å²) in [6.07, 6.45) is 1.80. The summed E-state index contributed by atoms with van der Waals surface area (Å²) in [5.74, 6) is -0.314. The van der Waals surface area contributed by atoms with Crippen molar-refractivity contribution in [3.8, 4) is 16.9 Å². The highest BCUT2D eigenvalue weighted by molar-refractivity contribution is 6.32. The first-order valence-corrected chi connectivity index (χ1v) is 9.28. The number of halogens is 2. The minimum absolute atomic E-state index is 0.314. The molecule has 0 saturated heterocycles. The predicted octanol–water partition coefficient (Wildman–Crippen LogP) is 6.34. The Morgan fingerprint density at radius 2 is 1.71 bits per heavy atom. The van der Waals surface area contributed by atoms with Gasteiger partial charge in [0, 0.05) is 22.5 Å². The van der Waals surface area contributed by atoms with Crippen LogP contribution in [-0.4, -0.2) is 14.8 Å². The average Bonchev–Trinajstić information content (AvgIpc) is 3.09. The number of aryl methyl sites for hydroxylation is 1. The van der Waals surface area contributed by atoms with Crippen molar-refractivity contribution in [2.75, 3.05) is 0 Å². The highest BCUT2D eigenvalue weighted by Crippen LogP contribution is 2.35. The quantitative estimate of drug-likeness (QED) is 0.353. The molecule has 0 unspecified atom stereocenters. The van der Waals surface area contributed by atoms with Gasteiger partial charge in [0.25, 0.3) is 0 Å². The molecule has 0 N–H and O–H groups in total. The third kappa shape index (κ3) is 2.65. The molecule has 0 amide bonds. The Kier molecular flexibility index (Phi) is 3.88. The molecular formula is C23H15ClFN3. The van der Waals surface area contributed by atoms with Crippen molar-refractivity contribution in [3.63, 3.8) is 0 Å². The van der Waals surface area contributed by atoms with E-state index >= 15 is 0 Å². The zero-order valence-corrected chi connectivity index (χ0v) is 15.8. The van der Waals surface area contributed by atoms with Gasteiger partial charge in [-0.2, -0.15) is 5.10 Å². The van der Waals surface area contributed by atoms with E-state index in [1.165, 1.54) is 17.7 Å². The van der Waals surface area contributed by atoms with Crippen LogP contribution >= 0.6 is 11.6 Å². The summed E-state index contributed by atoms with van der Waals surface area (Å²) >= 11 is 6.47. The van der Waals surface area contributed by atoms with Crippen LogP contribution < -0.4 is 0 Å². The predicted molar refractivity (Wildman–Crippen MR) is 112 cm³/mol. The largest absolute Gasteiger partial charge is 0.255 e. The van der Waals surface area contributed by atoms with E-state index in [1.807, 2.05) is 55.5 Å². The molecule has 0 aliphatic carbocycles. The fourth-order valence-electron chi connectivity index (χ4n) is 3.48. The first kappa shape index (κ1) is 16.9. The Morgan fingerprint density at radius 1 is 0.929 bits per heavy atom. The van der Waals surface area contributed by atoms with Gasteiger partial charge in [-0.15, -0.1) is 0 Å². The Bertz CT molecular complexity index is 1340. The number of hydrogen-bond donors (Lipinski definition) is 0. The van der Waals surface area contributed by atoms with E-state index < -0.39 is 0 Å². The van der Waals surface area contributed by atoms with Crippen LogP contribution in [0.25, 0.3) is 38.8 Å². The Labute approximate surface area is 166 Å². The van der Waals surface area contributed by atoms with E-state index in [1.54, 1.807) is 16.9 Å². The molecule has 2 heterocycles. The van der Waals surface area contributed by atoms with Crippen LogP contribution in [-0.2, 0) is 0 Å². The molecule has 0 aliphatic rings. The summed E-state index contributed by atoms with van der Waals surface area (Å²) in [7, 11) is 0. The SMILES string of the molecule is Cc1ccc(-c2nn(-c3ccccc3Cl)c3c2cnc2ccc(F)cc23)cc1. The lowest BCUT2D eigenvalue weighted by molar-refractivity contribution is 0.629. The van der Waals surface area contributed by atoms with Gasteiger partial charge in [-0.3, -0.25) is 4.98 Å². The van der Waals surface area contributed by atoms with Crippen LogP contribution in [0.1, 0.15) is 5.56 Å². The van der Waals surface area contributed by atoms with Crippen LogP contribution in [0.2, 0.25) is 5.02 Å². The molecule has 0 bridgehead atoms. The van der Waals surface area contributed by atoms with Crippen molar-refractivity contribution in [3.05, 3.63) is 89.3 Å². The minimum atomic E-state index is -0.314. The molecule has 0 aliphatic heterocycles. The summed E-state index contributed by atoms with van der Waals surface area (Å²) in [4.78, 5) is 4.53. The maximum absolute atomic E-state index is 14.1. The molecule has 5 heteroatoms. The smallest absolute Gasteiger partial charge is 0.124 e. The maximum Gasteiger partial charge on any atom is 0.124 e. The van der Waals surface area contributed by atoms with Gasteiger partial charge in [0.15, 0.2) is 0 Å². The minimum Gasteiger partial charge on any atom is -0.255 e. The summed E-state index contributed by atoms with van der Waals surface area (Å²) in [5, 5.41) is 6.99. The molecule has 0 fully saturated rings. The number of rotatable bonds is 2. The number of benzene rings is 3. The van der Waals surface area contributed by atoms with Crippen molar-refractivity contribution in [1.82, 2.24) is 14.8 Å². The van der Waals surface area contributed by atoms with Gasteiger partial charge in [-0.25, -0.2) is 9.07 Å². The van der Waals surface area contributed by atoms with Gasteiger partial charge >= 0.3 is 0 Å². The standard InChI is InChI=1S/C23H15ClFN3/c1-14-6-8-15(9-7-14)22-18-13-26-20-11-10-16(25)12-17(20)23(18)28(27-22)21-5-3-2-4-19(21)24/h2-13H,1H3. The Morgan fingerprint density at radius 3 is 2.50 bits per heavy atom. The zero-order valence-electron chi connectivity index (χ0n) is 15.0.